The lowest BCUT2D eigenvalue weighted by Crippen LogP contribution is -2.36. The zero-order valence-electron chi connectivity index (χ0n) is 9.36. The van der Waals surface area contributed by atoms with Gasteiger partial charge in [-0.25, -0.2) is 9.79 Å². The molecule has 0 unspecified atom stereocenters. The summed E-state index contributed by atoms with van der Waals surface area (Å²) in [5, 5.41) is 0. The molecule has 1 fully saturated rings. The van der Waals surface area contributed by atoms with E-state index in [4.69, 9.17) is 4.74 Å². The van der Waals surface area contributed by atoms with Crippen LogP contribution in [0.4, 0.5) is 5.69 Å². The van der Waals surface area contributed by atoms with Crippen LogP contribution in [0.5, 0.6) is 0 Å². The number of hydrogen-bond acceptors (Lipinski definition) is 4. The summed E-state index contributed by atoms with van der Waals surface area (Å²) in [5.74, 6) is 0. The van der Waals surface area contributed by atoms with E-state index in [0.717, 1.165) is 42.0 Å². The maximum atomic E-state index is 10.2. The van der Waals surface area contributed by atoms with E-state index in [9.17, 15) is 4.79 Å². The first-order valence-electron chi connectivity index (χ1n) is 5.46. The Hall–Kier alpha value is -1.16. The maximum absolute atomic E-state index is 10.2. The number of isocyanates is 1. The number of anilines is 1. The van der Waals surface area contributed by atoms with Crippen molar-refractivity contribution in [3.8, 4) is 0 Å². The van der Waals surface area contributed by atoms with Crippen LogP contribution in [0, 0.1) is 0 Å². The molecule has 2 rings (SSSR count). The van der Waals surface area contributed by atoms with E-state index in [0.29, 0.717) is 6.54 Å². The first-order chi connectivity index (χ1) is 8.31. The molecule has 4 nitrogen and oxygen atoms in total. The molecule has 0 N–H and O–H groups in total. The van der Waals surface area contributed by atoms with Gasteiger partial charge in [-0.2, -0.15) is 0 Å². The number of ether oxygens (including phenoxy) is 1. The third-order valence-corrected chi connectivity index (χ3v) is 3.20. The van der Waals surface area contributed by atoms with Gasteiger partial charge in [0.1, 0.15) is 0 Å². The van der Waals surface area contributed by atoms with Gasteiger partial charge in [-0.1, -0.05) is 15.9 Å². The summed E-state index contributed by atoms with van der Waals surface area (Å²) in [6.45, 7) is 3.60. The molecule has 5 heteroatoms. The average molecular weight is 297 g/mol. The van der Waals surface area contributed by atoms with Gasteiger partial charge in [0, 0.05) is 23.2 Å². The molecule has 0 aromatic heterocycles. The minimum absolute atomic E-state index is 0.371. The highest BCUT2D eigenvalue weighted by Gasteiger charge is 2.14. The Kier molecular flexibility index (Phi) is 4.31. The summed E-state index contributed by atoms with van der Waals surface area (Å²) in [7, 11) is 0. The second-order valence-electron chi connectivity index (χ2n) is 3.78. The van der Waals surface area contributed by atoms with Crippen molar-refractivity contribution in [3.05, 3.63) is 28.2 Å². The van der Waals surface area contributed by atoms with Crippen LogP contribution in [0.1, 0.15) is 5.56 Å². The van der Waals surface area contributed by atoms with Crippen LogP contribution in [0.25, 0.3) is 0 Å². The Morgan fingerprint density at radius 1 is 1.41 bits per heavy atom. The predicted octanol–water partition coefficient (Wildman–Crippen LogP) is 2.12. The Labute approximate surface area is 108 Å². The van der Waals surface area contributed by atoms with Gasteiger partial charge in [0.15, 0.2) is 0 Å². The number of benzene rings is 1. The van der Waals surface area contributed by atoms with Crippen molar-refractivity contribution in [2.45, 2.75) is 6.54 Å². The summed E-state index contributed by atoms with van der Waals surface area (Å²) < 4.78 is 6.32. The van der Waals surface area contributed by atoms with E-state index < -0.39 is 0 Å². The lowest BCUT2D eigenvalue weighted by atomic mass is 10.1. The van der Waals surface area contributed by atoms with Gasteiger partial charge >= 0.3 is 0 Å². The summed E-state index contributed by atoms with van der Waals surface area (Å²) in [4.78, 5) is 16.1. The lowest BCUT2D eigenvalue weighted by Gasteiger charge is -2.30. The SMILES string of the molecule is O=C=NCc1cc(Br)ccc1N1CCOCC1. The molecule has 0 aliphatic carbocycles. The molecule has 1 aliphatic rings. The normalized spacial score (nSPS) is 15.5. The van der Waals surface area contributed by atoms with Gasteiger partial charge in [0.2, 0.25) is 6.08 Å². The minimum atomic E-state index is 0.371. The molecule has 1 aromatic carbocycles. The average Bonchev–Trinajstić information content (AvgIpc) is 2.37. The fourth-order valence-electron chi connectivity index (χ4n) is 1.91. The number of aliphatic imine (C=N–C) groups is 1. The minimum Gasteiger partial charge on any atom is -0.378 e. The highest BCUT2D eigenvalue weighted by atomic mass is 79.9. The molecular weight excluding hydrogens is 284 g/mol. The zero-order chi connectivity index (χ0) is 12.1. The van der Waals surface area contributed by atoms with Crippen molar-refractivity contribution in [2.75, 3.05) is 31.2 Å². The van der Waals surface area contributed by atoms with Crippen LogP contribution >= 0.6 is 15.9 Å². The molecule has 0 bridgehead atoms. The Morgan fingerprint density at radius 2 is 2.18 bits per heavy atom. The second-order valence-corrected chi connectivity index (χ2v) is 4.70. The smallest absolute Gasteiger partial charge is 0.235 e. The van der Waals surface area contributed by atoms with Crippen LogP contribution in [-0.2, 0) is 16.1 Å². The number of carbonyl (C=O) groups excluding carboxylic acids is 1. The van der Waals surface area contributed by atoms with E-state index in [1.54, 1.807) is 6.08 Å². The molecule has 0 amide bonds. The van der Waals surface area contributed by atoms with E-state index in [1.165, 1.54) is 0 Å². The Bertz CT molecular complexity index is 438. The molecule has 0 radical (unpaired) electrons. The molecule has 0 spiro atoms. The van der Waals surface area contributed by atoms with Crippen LogP contribution in [0.15, 0.2) is 27.7 Å². The highest BCUT2D eigenvalue weighted by Crippen LogP contribution is 2.26. The van der Waals surface area contributed by atoms with Crippen LogP contribution in [-0.4, -0.2) is 32.4 Å². The molecule has 1 saturated heterocycles. The first-order valence-corrected chi connectivity index (χ1v) is 6.25. The number of hydrogen-bond donors (Lipinski definition) is 0. The fraction of sp³-hybridized carbons (Fsp3) is 0.417. The molecule has 90 valence electrons. The van der Waals surface area contributed by atoms with Crippen LogP contribution in [0.3, 0.4) is 0 Å². The third-order valence-electron chi connectivity index (χ3n) is 2.71. The van der Waals surface area contributed by atoms with Crippen molar-refractivity contribution in [3.63, 3.8) is 0 Å². The number of rotatable bonds is 3. The summed E-state index contributed by atoms with van der Waals surface area (Å²) >= 11 is 3.43. The van der Waals surface area contributed by atoms with Crippen LogP contribution < -0.4 is 4.90 Å². The monoisotopic (exact) mass is 296 g/mol. The molecule has 1 aliphatic heterocycles. The third kappa shape index (κ3) is 3.16. The lowest BCUT2D eigenvalue weighted by molar-refractivity contribution is 0.122. The summed E-state index contributed by atoms with van der Waals surface area (Å²) in [6, 6.07) is 6.04. The Morgan fingerprint density at radius 3 is 2.88 bits per heavy atom. The molecule has 17 heavy (non-hydrogen) atoms. The van der Waals surface area contributed by atoms with Crippen molar-refractivity contribution in [1.29, 1.82) is 0 Å². The molecule has 1 aromatic rings. The van der Waals surface area contributed by atoms with E-state index >= 15 is 0 Å². The van der Waals surface area contributed by atoms with Crippen molar-refractivity contribution in [1.82, 2.24) is 0 Å². The second kappa shape index (κ2) is 5.96. The highest BCUT2D eigenvalue weighted by molar-refractivity contribution is 9.10. The molecule has 0 atom stereocenters. The Balaban J connectivity index is 2.27. The van der Waals surface area contributed by atoms with Gasteiger partial charge in [-0.05, 0) is 23.8 Å². The van der Waals surface area contributed by atoms with Crippen molar-refractivity contribution in [2.24, 2.45) is 4.99 Å². The number of halogens is 1. The topological polar surface area (TPSA) is 41.9 Å². The number of nitrogens with zero attached hydrogens (tertiary/aromatic N) is 2. The van der Waals surface area contributed by atoms with Crippen molar-refractivity contribution < 1.29 is 9.53 Å². The number of morpholine rings is 1. The van der Waals surface area contributed by atoms with Gasteiger partial charge in [0.05, 0.1) is 19.8 Å². The van der Waals surface area contributed by atoms with E-state index in [2.05, 4.69) is 25.8 Å². The standard InChI is InChI=1S/C12H13BrN2O2/c13-11-1-2-12(10(7-11)8-14-9-16)15-3-5-17-6-4-15/h1-2,7H,3-6,8H2. The predicted molar refractivity (Wildman–Crippen MR) is 69.0 cm³/mol. The fourth-order valence-corrected chi connectivity index (χ4v) is 2.32. The van der Waals surface area contributed by atoms with Gasteiger partial charge < -0.3 is 9.64 Å². The first kappa shape index (κ1) is 12.3. The van der Waals surface area contributed by atoms with Gasteiger partial charge in [0.25, 0.3) is 0 Å². The largest absolute Gasteiger partial charge is 0.378 e. The van der Waals surface area contributed by atoms with Crippen LogP contribution in [0.2, 0.25) is 0 Å². The summed E-state index contributed by atoms with van der Waals surface area (Å²) in [6.07, 6.45) is 1.58. The summed E-state index contributed by atoms with van der Waals surface area (Å²) in [5.41, 5.74) is 2.15. The van der Waals surface area contributed by atoms with Crippen molar-refractivity contribution >= 4 is 27.7 Å². The molecular formula is C12H13BrN2O2. The zero-order valence-corrected chi connectivity index (χ0v) is 10.9. The van der Waals surface area contributed by atoms with E-state index in [-0.39, 0.29) is 0 Å². The van der Waals surface area contributed by atoms with Gasteiger partial charge in [-0.15, -0.1) is 0 Å². The quantitative estimate of drug-likeness (QED) is 0.634. The van der Waals surface area contributed by atoms with E-state index in [1.807, 2.05) is 18.2 Å². The molecule has 1 heterocycles. The van der Waals surface area contributed by atoms with Gasteiger partial charge in [-0.3, -0.25) is 0 Å². The maximum Gasteiger partial charge on any atom is 0.235 e. The molecule has 0 saturated carbocycles.